The van der Waals surface area contributed by atoms with Gasteiger partial charge in [-0.05, 0) is 68.4 Å². The molecule has 2 heterocycles. The van der Waals surface area contributed by atoms with Gasteiger partial charge in [0.1, 0.15) is 5.82 Å². The van der Waals surface area contributed by atoms with Crippen molar-refractivity contribution in [3.8, 4) is 0 Å². The molecule has 1 fully saturated rings. The average molecular weight is 391 g/mol. The highest BCUT2D eigenvalue weighted by molar-refractivity contribution is 5.95. The topological polar surface area (TPSA) is 36.4 Å². The van der Waals surface area contributed by atoms with Crippen LogP contribution in [-0.4, -0.2) is 48.4 Å². The van der Waals surface area contributed by atoms with Gasteiger partial charge in [-0.15, -0.1) is 0 Å². The summed E-state index contributed by atoms with van der Waals surface area (Å²) in [6.45, 7) is 6.89. The van der Waals surface area contributed by atoms with Crippen LogP contribution in [0.4, 0.5) is 10.1 Å². The second-order valence-corrected chi connectivity index (χ2v) is 7.69. The van der Waals surface area contributed by atoms with Crippen molar-refractivity contribution < 1.29 is 9.18 Å². The fourth-order valence-corrected chi connectivity index (χ4v) is 3.88. The molecule has 0 aliphatic carbocycles. The standard InChI is InChI=1S/C24H26FN3O/c1-18-4-5-20-17-22(10-11-23(20)26-18)28-15-13-27(14-16-28)12-2-3-24(29)19-6-8-21(25)9-7-19/h4-11,17H,2-3,12-16H2,1H3. The van der Waals surface area contributed by atoms with Gasteiger partial charge in [0.25, 0.3) is 0 Å². The van der Waals surface area contributed by atoms with Gasteiger partial charge in [0.2, 0.25) is 0 Å². The molecule has 0 unspecified atom stereocenters. The van der Waals surface area contributed by atoms with E-state index in [0.29, 0.717) is 12.0 Å². The predicted octanol–water partition coefficient (Wildman–Crippen LogP) is 4.47. The maximum atomic E-state index is 13.0. The Hall–Kier alpha value is -2.79. The largest absolute Gasteiger partial charge is 0.369 e. The number of piperazine rings is 1. The number of Topliss-reactive ketones (excluding diaryl/α,β-unsaturated/α-hetero) is 1. The first kappa shape index (κ1) is 19.5. The van der Waals surface area contributed by atoms with Gasteiger partial charge >= 0.3 is 0 Å². The van der Waals surface area contributed by atoms with Gasteiger partial charge in [-0.25, -0.2) is 4.39 Å². The van der Waals surface area contributed by atoms with E-state index in [2.05, 4.69) is 45.1 Å². The molecule has 29 heavy (non-hydrogen) atoms. The van der Waals surface area contributed by atoms with E-state index in [1.54, 1.807) is 12.1 Å². The first-order valence-electron chi connectivity index (χ1n) is 10.2. The quantitative estimate of drug-likeness (QED) is 0.581. The minimum atomic E-state index is -0.308. The number of ketones is 1. The first-order valence-corrected chi connectivity index (χ1v) is 10.2. The zero-order chi connectivity index (χ0) is 20.2. The van der Waals surface area contributed by atoms with Crippen molar-refractivity contribution in [2.75, 3.05) is 37.6 Å². The second-order valence-electron chi connectivity index (χ2n) is 7.69. The number of rotatable bonds is 6. The van der Waals surface area contributed by atoms with Gasteiger partial charge in [0, 0.05) is 54.9 Å². The van der Waals surface area contributed by atoms with Crippen LogP contribution >= 0.6 is 0 Å². The van der Waals surface area contributed by atoms with E-state index >= 15 is 0 Å². The molecule has 5 heteroatoms. The van der Waals surface area contributed by atoms with Crippen LogP contribution in [0.2, 0.25) is 0 Å². The molecule has 2 aromatic carbocycles. The number of aromatic nitrogens is 1. The highest BCUT2D eigenvalue weighted by Gasteiger charge is 2.17. The highest BCUT2D eigenvalue weighted by atomic mass is 19.1. The molecule has 0 amide bonds. The Bertz CT molecular complexity index is 995. The molecule has 0 bridgehead atoms. The third-order valence-electron chi connectivity index (χ3n) is 5.59. The zero-order valence-electron chi connectivity index (χ0n) is 16.8. The lowest BCUT2D eigenvalue weighted by Gasteiger charge is -2.36. The van der Waals surface area contributed by atoms with Gasteiger partial charge in [0.05, 0.1) is 5.52 Å². The smallest absolute Gasteiger partial charge is 0.162 e. The van der Waals surface area contributed by atoms with Gasteiger partial charge in [0.15, 0.2) is 5.78 Å². The predicted molar refractivity (Wildman–Crippen MR) is 115 cm³/mol. The Morgan fingerprint density at radius 2 is 1.76 bits per heavy atom. The highest BCUT2D eigenvalue weighted by Crippen LogP contribution is 2.22. The summed E-state index contributed by atoms with van der Waals surface area (Å²) < 4.78 is 13.0. The molecule has 1 aliphatic rings. The van der Waals surface area contributed by atoms with Crippen molar-refractivity contribution in [1.29, 1.82) is 0 Å². The molecule has 4 nitrogen and oxygen atoms in total. The number of carbonyl (C=O) groups excluding carboxylic acids is 1. The molecular weight excluding hydrogens is 365 g/mol. The van der Waals surface area contributed by atoms with Crippen LogP contribution < -0.4 is 4.90 Å². The molecular formula is C24H26FN3O. The Morgan fingerprint density at radius 3 is 2.52 bits per heavy atom. The van der Waals surface area contributed by atoms with Crippen molar-refractivity contribution in [3.63, 3.8) is 0 Å². The molecule has 1 saturated heterocycles. The molecule has 4 rings (SSSR count). The third-order valence-corrected chi connectivity index (χ3v) is 5.59. The van der Waals surface area contributed by atoms with Crippen LogP contribution in [0.5, 0.6) is 0 Å². The number of pyridine rings is 1. The number of carbonyl (C=O) groups is 1. The van der Waals surface area contributed by atoms with E-state index in [4.69, 9.17) is 0 Å². The van der Waals surface area contributed by atoms with E-state index < -0.39 is 0 Å². The molecule has 0 spiro atoms. The molecule has 0 saturated carbocycles. The number of nitrogens with zero attached hydrogens (tertiary/aromatic N) is 3. The van der Waals surface area contributed by atoms with Crippen LogP contribution in [0, 0.1) is 12.7 Å². The summed E-state index contributed by atoms with van der Waals surface area (Å²) >= 11 is 0. The van der Waals surface area contributed by atoms with Crippen LogP contribution in [0.15, 0.2) is 54.6 Å². The molecule has 0 atom stereocenters. The van der Waals surface area contributed by atoms with Gasteiger partial charge in [-0.1, -0.05) is 6.07 Å². The number of aryl methyl sites for hydroxylation is 1. The Labute approximate surface area is 171 Å². The number of anilines is 1. The minimum absolute atomic E-state index is 0.0867. The molecule has 0 radical (unpaired) electrons. The molecule has 150 valence electrons. The first-order chi connectivity index (χ1) is 14.1. The van der Waals surface area contributed by atoms with Crippen LogP contribution in [0.3, 0.4) is 0 Å². The number of benzene rings is 2. The van der Waals surface area contributed by atoms with Crippen molar-refractivity contribution in [1.82, 2.24) is 9.88 Å². The molecule has 0 N–H and O–H groups in total. The summed E-state index contributed by atoms with van der Waals surface area (Å²) in [7, 11) is 0. The van der Waals surface area contributed by atoms with E-state index in [1.807, 2.05) is 6.92 Å². The number of hydrogen-bond donors (Lipinski definition) is 0. The lowest BCUT2D eigenvalue weighted by molar-refractivity contribution is 0.0974. The lowest BCUT2D eigenvalue weighted by atomic mass is 10.1. The van der Waals surface area contributed by atoms with Crippen molar-refractivity contribution in [3.05, 3.63) is 71.7 Å². The van der Waals surface area contributed by atoms with E-state index in [-0.39, 0.29) is 11.6 Å². The number of fused-ring (bicyclic) bond motifs is 1. The normalized spacial score (nSPS) is 15.0. The van der Waals surface area contributed by atoms with E-state index in [9.17, 15) is 9.18 Å². The summed E-state index contributed by atoms with van der Waals surface area (Å²) in [4.78, 5) is 21.6. The average Bonchev–Trinajstić information content (AvgIpc) is 2.74. The fraction of sp³-hybridized carbons (Fsp3) is 0.333. The van der Waals surface area contributed by atoms with Crippen molar-refractivity contribution in [2.24, 2.45) is 0 Å². The van der Waals surface area contributed by atoms with Gasteiger partial charge in [-0.3, -0.25) is 14.7 Å². The van der Waals surface area contributed by atoms with E-state index in [0.717, 1.165) is 50.4 Å². The fourth-order valence-electron chi connectivity index (χ4n) is 3.88. The molecule has 1 aliphatic heterocycles. The Kier molecular flexibility index (Phi) is 5.86. The SMILES string of the molecule is Cc1ccc2cc(N3CCN(CCCC(=O)c4ccc(F)cc4)CC3)ccc2n1. The van der Waals surface area contributed by atoms with Crippen molar-refractivity contribution in [2.45, 2.75) is 19.8 Å². The Balaban J connectivity index is 1.25. The summed E-state index contributed by atoms with van der Waals surface area (Å²) in [6.07, 6.45) is 1.33. The number of halogens is 1. The lowest BCUT2D eigenvalue weighted by Crippen LogP contribution is -2.46. The van der Waals surface area contributed by atoms with Gasteiger partial charge in [-0.2, -0.15) is 0 Å². The molecule has 3 aromatic rings. The van der Waals surface area contributed by atoms with Crippen LogP contribution in [-0.2, 0) is 0 Å². The second kappa shape index (κ2) is 8.70. The zero-order valence-corrected chi connectivity index (χ0v) is 16.8. The summed E-state index contributed by atoms with van der Waals surface area (Å²) in [6, 6.07) is 16.5. The third kappa shape index (κ3) is 4.80. The summed E-state index contributed by atoms with van der Waals surface area (Å²) in [5.41, 5.74) is 3.92. The minimum Gasteiger partial charge on any atom is -0.369 e. The monoisotopic (exact) mass is 391 g/mol. The van der Waals surface area contributed by atoms with Crippen LogP contribution in [0.25, 0.3) is 10.9 Å². The Morgan fingerprint density at radius 1 is 1.00 bits per heavy atom. The summed E-state index contributed by atoms with van der Waals surface area (Å²) in [5, 5.41) is 1.18. The van der Waals surface area contributed by atoms with E-state index in [1.165, 1.54) is 23.2 Å². The van der Waals surface area contributed by atoms with Crippen molar-refractivity contribution >= 4 is 22.4 Å². The molecule has 1 aromatic heterocycles. The summed E-state index contributed by atoms with van der Waals surface area (Å²) in [5.74, 6) is -0.221. The maximum absolute atomic E-state index is 13.0. The van der Waals surface area contributed by atoms with Gasteiger partial charge < -0.3 is 4.90 Å². The maximum Gasteiger partial charge on any atom is 0.162 e. The number of hydrogen-bond acceptors (Lipinski definition) is 4. The van der Waals surface area contributed by atoms with Crippen LogP contribution in [0.1, 0.15) is 28.9 Å².